The van der Waals surface area contributed by atoms with Crippen molar-refractivity contribution in [3.8, 4) is 5.75 Å². The number of benzene rings is 1. The molecule has 0 aromatic heterocycles. The minimum absolute atomic E-state index is 0.689. The van der Waals surface area contributed by atoms with Gasteiger partial charge in [0, 0.05) is 6.42 Å². The fraction of sp³-hybridized carbons (Fsp3) is 0.0909. The Bertz CT molecular complexity index is 262. The van der Waals surface area contributed by atoms with Crippen molar-refractivity contribution in [1.29, 1.82) is 0 Å². The molecule has 0 saturated carbocycles. The number of para-hydroxylation sites is 1. The highest BCUT2D eigenvalue weighted by molar-refractivity contribution is 5.23. The Morgan fingerprint density at radius 3 is 2.58 bits per heavy atom. The van der Waals surface area contributed by atoms with E-state index in [1.807, 2.05) is 30.3 Å². The molecule has 0 bridgehead atoms. The lowest BCUT2D eigenvalue weighted by Gasteiger charge is -2.05. The summed E-state index contributed by atoms with van der Waals surface area (Å²) in [5.41, 5.74) is 0. The summed E-state index contributed by atoms with van der Waals surface area (Å²) in [4.78, 5) is 0. The Hall–Kier alpha value is -1.50. The van der Waals surface area contributed by atoms with Crippen LogP contribution < -0.4 is 4.74 Å². The summed E-state index contributed by atoms with van der Waals surface area (Å²) in [6.45, 7) is 7.35. The van der Waals surface area contributed by atoms with Gasteiger partial charge >= 0.3 is 0 Å². The van der Waals surface area contributed by atoms with Gasteiger partial charge in [-0.25, -0.2) is 0 Å². The van der Waals surface area contributed by atoms with E-state index in [1.54, 1.807) is 6.08 Å². The topological polar surface area (TPSA) is 9.23 Å². The summed E-state index contributed by atoms with van der Waals surface area (Å²) in [6, 6.07) is 9.60. The normalized spacial score (nSPS) is 9.00. The van der Waals surface area contributed by atoms with E-state index in [-0.39, 0.29) is 0 Å². The average Bonchev–Trinajstić information content (AvgIpc) is 2.06. The lowest BCUT2D eigenvalue weighted by Crippen LogP contribution is -1.91. The standard InChI is InChI=1S/C11H12O/c1-3-7-10(2)12-11-8-5-4-6-9-11/h3-6,8-9H,1-2,7H2. The summed E-state index contributed by atoms with van der Waals surface area (Å²) >= 11 is 0. The minimum atomic E-state index is 0.689. The maximum absolute atomic E-state index is 5.39. The van der Waals surface area contributed by atoms with Crippen molar-refractivity contribution in [1.82, 2.24) is 0 Å². The van der Waals surface area contributed by atoms with Crippen molar-refractivity contribution in [2.75, 3.05) is 0 Å². The third-order valence-corrected chi connectivity index (χ3v) is 1.38. The van der Waals surface area contributed by atoms with Crippen LogP contribution in [0.25, 0.3) is 0 Å². The lowest BCUT2D eigenvalue weighted by molar-refractivity contribution is 0.418. The second-order valence-electron chi connectivity index (χ2n) is 2.45. The first-order valence-electron chi connectivity index (χ1n) is 3.84. The third-order valence-electron chi connectivity index (χ3n) is 1.38. The van der Waals surface area contributed by atoms with Crippen LogP contribution in [0, 0.1) is 0 Å². The molecule has 0 aliphatic rings. The van der Waals surface area contributed by atoms with Crippen molar-refractivity contribution < 1.29 is 4.74 Å². The van der Waals surface area contributed by atoms with E-state index >= 15 is 0 Å². The molecule has 12 heavy (non-hydrogen) atoms. The Morgan fingerprint density at radius 1 is 1.33 bits per heavy atom. The van der Waals surface area contributed by atoms with Crippen LogP contribution in [0.3, 0.4) is 0 Å². The second-order valence-corrected chi connectivity index (χ2v) is 2.45. The van der Waals surface area contributed by atoms with Crippen molar-refractivity contribution in [2.45, 2.75) is 6.42 Å². The second kappa shape index (κ2) is 4.39. The fourth-order valence-corrected chi connectivity index (χ4v) is 0.858. The van der Waals surface area contributed by atoms with Crippen LogP contribution in [0.2, 0.25) is 0 Å². The van der Waals surface area contributed by atoms with Crippen LogP contribution in [-0.4, -0.2) is 0 Å². The van der Waals surface area contributed by atoms with Gasteiger partial charge in [-0.3, -0.25) is 0 Å². The van der Waals surface area contributed by atoms with Gasteiger partial charge in [-0.2, -0.15) is 0 Å². The molecule has 0 saturated heterocycles. The molecule has 0 amide bonds. The molecule has 1 heteroatoms. The van der Waals surface area contributed by atoms with E-state index in [0.29, 0.717) is 6.42 Å². The number of hydrogen-bond acceptors (Lipinski definition) is 1. The summed E-state index contributed by atoms with van der Waals surface area (Å²) in [7, 11) is 0. The molecule has 1 aromatic rings. The van der Waals surface area contributed by atoms with E-state index in [1.165, 1.54) is 0 Å². The van der Waals surface area contributed by atoms with Crippen LogP contribution in [-0.2, 0) is 0 Å². The van der Waals surface area contributed by atoms with E-state index < -0.39 is 0 Å². The molecule has 1 aromatic carbocycles. The van der Waals surface area contributed by atoms with Gasteiger partial charge in [0.05, 0.1) is 0 Å². The van der Waals surface area contributed by atoms with Crippen molar-refractivity contribution in [3.05, 3.63) is 55.3 Å². The van der Waals surface area contributed by atoms with Gasteiger partial charge in [-0.15, -0.1) is 6.58 Å². The summed E-state index contributed by atoms with van der Waals surface area (Å²) in [5.74, 6) is 1.54. The van der Waals surface area contributed by atoms with Crippen LogP contribution in [0.4, 0.5) is 0 Å². The molecule has 1 rings (SSSR count). The van der Waals surface area contributed by atoms with Gasteiger partial charge < -0.3 is 4.74 Å². The molecule has 1 nitrogen and oxygen atoms in total. The first-order chi connectivity index (χ1) is 5.83. The molecule has 0 atom stereocenters. The fourth-order valence-electron chi connectivity index (χ4n) is 0.858. The number of rotatable bonds is 4. The maximum Gasteiger partial charge on any atom is 0.126 e. The molecular weight excluding hydrogens is 148 g/mol. The van der Waals surface area contributed by atoms with Crippen molar-refractivity contribution in [2.24, 2.45) is 0 Å². The van der Waals surface area contributed by atoms with E-state index in [9.17, 15) is 0 Å². The number of hydrogen-bond donors (Lipinski definition) is 0. The Labute approximate surface area is 73.0 Å². The molecule has 0 unspecified atom stereocenters. The predicted octanol–water partition coefficient (Wildman–Crippen LogP) is 3.16. The molecule has 0 aliphatic carbocycles. The van der Waals surface area contributed by atoms with E-state index in [2.05, 4.69) is 13.2 Å². The SMILES string of the molecule is C=CCC(=C)Oc1ccccc1. The first-order valence-corrected chi connectivity index (χ1v) is 3.84. The molecular formula is C11H12O. The highest BCUT2D eigenvalue weighted by Gasteiger charge is 1.93. The smallest absolute Gasteiger partial charge is 0.126 e. The van der Waals surface area contributed by atoms with Gasteiger partial charge in [0.25, 0.3) is 0 Å². The lowest BCUT2D eigenvalue weighted by atomic mass is 10.3. The average molecular weight is 160 g/mol. The maximum atomic E-state index is 5.39. The monoisotopic (exact) mass is 160 g/mol. The zero-order valence-corrected chi connectivity index (χ0v) is 6.99. The Balaban J connectivity index is 2.52. The van der Waals surface area contributed by atoms with Crippen molar-refractivity contribution in [3.63, 3.8) is 0 Å². The summed E-state index contributed by atoms with van der Waals surface area (Å²) in [6.07, 6.45) is 2.46. The molecule has 0 aliphatic heterocycles. The molecule has 0 radical (unpaired) electrons. The van der Waals surface area contributed by atoms with Gasteiger partial charge in [-0.1, -0.05) is 30.9 Å². The van der Waals surface area contributed by atoms with Gasteiger partial charge in [-0.05, 0) is 12.1 Å². The molecule has 62 valence electrons. The highest BCUT2D eigenvalue weighted by Crippen LogP contribution is 2.13. The predicted molar refractivity (Wildman–Crippen MR) is 51.0 cm³/mol. The Morgan fingerprint density at radius 2 is 2.00 bits per heavy atom. The third kappa shape index (κ3) is 2.62. The van der Waals surface area contributed by atoms with Crippen LogP contribution >= 0.6 is 0 Å². The van der Waals surface area contributed by atoms with Gasteiger partial charge in [0.1, 0.15) is 11.5 Å². The van der Waals surface area contributed by atoms with Gasteiger partial charge in [0.15, 0.2) is 0 Å². The number of ether oxygens (including phenoxy) is 1. The zero-order chi connectivity index (χ0) is 8.81. The molecule has 0 fully saturated rings. The van der Waals surface area contributed by atoms with E-state index in [4.69, 9.17) is 4.74 Å². The van der Waals surface area contributed by atoms with Crippen molar-refractivity contribution >= 4 is 0 Å². The number of allylic oxidation sites excluding steroid dienone is 1. The molecule has 0 spiro atoms. The highest BCUT2D eigenvalue weighted by atomic mass is 16.5. The van der Waals surface area contributed by atoms with E-state index in [0.717, 1.165) is 11.5 Å². The first kappa shape index (κ1) is 8.60. The molecule has 0 heterocycles. The van der Waals surface area contributed by atoms with Crippen LogP contribution in [0.1, 0.15) is 6.42 Å². The largest absolute Gasteiger partial charge is 0.462 e. The zero-order valence-electron chi connectivity index (χ0n) is 6.99. The van der Waals surface area contributed by atoms with Crippen LogP contribution in [0.15, 0.2) is 55.3 Å². The molecule has 0 N–H and O–H groups in total. The van der Waals surface area contributed by atoms with Gasteiger partial charge in [0.2, 0.25) is 0 Å². The minimum Gasteiger partial charge on any atom is -0.462 e. The Kier molecular flexibility index (Phi) is 3.15. The quantitative estimate of drug-likeness (QED) is 0.485. The summed E-state index contributed by atoms with van der Waals surface area (Å²) in [5, 5.41) is 0. The summed E-state index contributed by atoms with van der Waals surface area (Å²) < 4.78 is 5.39. The van der Waals surface area contributed by atoms with Crippen LogP contribution in [0.5, 0.6) is 5.75 Å².